The Morgan fingerprint density at radius 2 is 2.06 bits per heavy atom. The zero-order chi connectivity index (χ0) is 12.3. The van der Waals surface area contributed by atoms with Gasteiger partial charge in [-0.25, -0.2) is 4.39 Å². The molecule has 0 saturated heterocycles. The van der Waals surface area contributed by atoms with Crippen LogP contribution in [0.5, 0.6) is 0 Å². The van der Waals surface area contributed by atoms with Crippen molar-refractivity contribution in [3.05, 3.63) is 69.9 Å². The number of hydrogen-bond donors (Lipinski definition) is 0. The van der Waals surface area contributed by atoms with Crippen molar-refractivity contribution in [2.75, 3.05) is 0 Å². The Hall–Kier alpha value is -1.42. The molecular weight excluding hydrogens is 285 g/mol. The fourth-order valence-electron chi connectivity index (χ4n) is 1.58. The van der Waals surface area contributed by atoms with E-state index >= 15 is 0 Å². The predicted molar refractivity (Wildman–Crippen MR) is 68.8 cm³/mol. The number of benzene rings is 1. The first-order valence-electron chi connectivity index (χ1n) is 5.19. The smallest absolute Gasteiger partial charge is 0.250 e. The van der Waals surface area contributed by atoms with Crippen LogP contribution in [0, 0.1) is 5.82 Å². The second-order valence-electron chi connectivity index (χ2n) is 3.73. The molecule has 88 valence electrons. The molecule has 4 heteroatoms. The number of hydrogen-bond acceptors (Lipinski definition) is 1. The highest BCUT2D eigenvalue weighted by Gasteiger charge is 2.04. The van der Waals surface area contributed by atoms with E-state index in [0.29, 0.717) is 10.9 Å². The first-order chi connectivity index (χ1) is 8.20. The van der Waals surface area contributed by atoms with E-state index in [1.165, 1.54) is 16.7 Å². The van der Waals surface area contributed by atoms with Crippen molar-refractivity contribution in [2.24, 2.45) is 0 Å². The maximum Gasteiger partial charge on any atom is 0.250 e. The molecule has 0 bridgehead atoms. The van der Waals surface area contributed by atoms with E-state index in [-0.39, 0.29) is 17.9 Å². The summed E-state index contributed by atoms with van der Waals surface area (Å²) in [5.74, 6) is -0.280. The lowest BCUT2D eigenvalue weighted by Gasteiger charge is -2.07. The molecule has 1 heterocycles. The lowest BCUT2D eigenvalue weighted by atomic mass is 10.1. The van der Waals surface area contributed by atoms with Gasteiger partial charge in [-0.2, -0.15) is 0 Å². The fourth-order valence-corrected chi connectivity index (χ4v) is 1.93. The number of pyridine rings is 1. The maximum atomic E-state index is 13.7. The van der Waals surface area contributed by atoms with Crippen LogP contribution in [0.4, 0.5) is 4.39 Å². The van der Waals surface area contributed by atoms with Gasteiger partial charge in [0.25, 0.3) is 5.56 Å². The van der Waals surface area contributed by atoms with Crippen LogP contribution in [0.2, 0.25) is 0 Å². The summed E-state index contributed by atoms with van der Waals surface area (Å²) in [5.41, 5.74) is 1.27. The minimum absolute atomic E-state index is 0.128. The van der Waals surface area contributed by atoms with E-state index in [9.17, 15) is 9.18 Å². The molecule has 1 aromatic carbocycles. The molecule has 0 N–H and O–H groups in total. The molecule has 0 aliphatic heterocycles. The minimum Gasteiger partial charge on any atom is -0.311 e. The standard InChI is InChI=1S/C13H11BrFNO/c14-8-10-4-5-11(12(15)7-10)9-16-6-2-1-3-13(16)17/h1-7H,8-9H2. The average Bonchev–Trinajstić information content (AvgIpc) is 2.34. The number of nitrogens with zero attached hydrogens (tertiary/aromatic N) is 1. The van der Waals surface area contributed by atoms with E-state index in [2.05, 4.69) is 15.9 Å². The topological polar surface area (TPSA) is 22.0 Å². The molecule has 0 aliphatic carbocycles. The van der Waals surface area contributed by atoms with Gasteiger partial charge in [0.05, 0.1) is 6.54 Å². The van der Waals surface area contributed by atoms with Gasteiger partial charge >= 0.3 is 0 Å². The molecule has 2 rings (SSSR count). The Morgan fingerprint density at radius 1 is 1.24 bits per heavy atom. The van der Waals surface area contributed by atoms with Crippen molar-refractivity contribution >= 4 is 15.9 Å². The molecule has 0 atom stereocenters. The zero-order valence-electron chi connectivity index (χ0n) is 9.07. The van der Waals surface area contributed by atoms with Crippen molar-refractivity contribution in [2.45, 2.75) is 11.9 Å². The summed E-state index contributed by atoms with van der Waals surface area (Å²) in [6.45, 7) is 0.258. The van der Waals surface area contributed by atoms with E-state index in [1.54, 1.807) is 24.4 Å². The first-order valence-corrected chi connectivity index (χ1v) is 6.31. The van der Waals surface area contributed by atoms with Gasteiger partial charge in [0.1, 0.15) is 5.82 Å². The Bertz CT molecular complexity index is 580. The van der Waals surface area contributed by atoms with Crippen molar-refractivity contribution in [3.63, 3.8) is 0 Å². The lowest BCUT2D eigenvalue weighted by Crippen LogP contribution is -2.18. The second-order valence-corrected chi connectivity index (χ2v) is 4.29. The largest absolute Gasteiger partial charge is 0.311 e. The van der Waals surface area contributed by atoms with E-state index in [4.69, 9.17) is 0 Å². The molecular formula is C13H11BrFNO. The summed E-state index contributed by atoms with van der Waals surface area (Å²) in [6, 6.07) is 9.94. The summed E-state index contributed by atoms with van der Waals surface area (Å²) in [5, 5.41) is 0.621. The molecule has 0 saturated carbocycles. The quantitative estimate of drug-likeness (QED) is 0.798. The third kappa shape index (κ3) is 2.82. The number of aromatic nitrogens is 1. The van der Waals surface area contributed by atoms with Gasteiger partial charge in [0, 0.05) is 23.2 Å². The average molecular weight is 296 g/mol. The summed E-state index contributed by atoms with van der Waals surface area (Å²) in [4.78, 5) is 11.5. The highest BCUT2D eigenvalue weighted by atomic mass is 79.9. The molecule has 2 nitrogen and oxygen atoms in total. The Morgan fingerprint density at radius 3 is 2.71 bits per heavy atom. The molecule has 0 unspecified atom stereocenters. The summed E-state index contributed by atoms with van der Waals surface area (Å²) in [6.07, 6.45) is 1.65. The van der Waals surface area contributed by atoms with Gasteiger partial charge in [-0.15, -0.1) is 0 Å². The third-order valence-electron chi connectivity index (χ3n) is 2.51. The van der Waals surface area contributed by atoms with Gasteiger partial charge in [-0.05, 0) is 17.7 Å². The summed E-state index contributed by atoms with van der Waals surface area (Å²) in [7, 11) is 0. The molecule has 2 aromatic rings. The van der Waals surface area contributed by atoms with Gasteiger partial charge in [0.2, 0.25) is 0 Å². The second kappa shape index (κ2) is 5.27. The number of rotatable bonds is 3. The highest BCUT2D eigenvalue weighted by Crippen LogP contribution is 2.13. The molecule has 0 spiro atoms. The monoisotopic (exact) mass is 295 g/mol. The third-order valence-corrected chi connectivity index (χ3v) is 3.16. The lowest BCUT2D eigenvalue weighted by molar-refractivity contribution is 0.595. The van der Waals surface area contributed by atoms with Crippen LogP contribution in [0.3, 0.4) is 0 Å². The van der Waals surface area contributed by atoms with Crippen molar-refractivity contribution in [3.8, 4) is 0 Å². The Labute approximate surface area is 107 Å². The van der Waals surface area contributed by atoms with Crippen LogP contribution in [-0.4, -0.2) is 4.57 Å². The van der Waals surface area contributed by atoms with E-state index in [0.717, 1.165) is 5.56 Å². The van der Waals surface area contributed by atoms with Crippen molar-refractivity contribution in [1.82, 2.24) is 4.57 Å². The SMILES string of the molecule is O=c1ccccn1Cc1ccc(CBr)cc1F. The normalized spacial score (nSPS) is 10.5. The van der Waals surface area contributed by atoms with E-state index in [1.807, 2.05) is 6.07 Å². The van der Waals surface area contributed by atoms with Gasteiger partial charge in [0.15, 0.2) is 0 Å². The van der Waals surface area contributed by atoms with Crippen molar-refractivity contribution in [1.29, 1.82) is 0 Å². The van der Waals surface area contributed by atoms with E-state index < -0.39 is 0 Å². The zero-order valence-corrected chi connectivity index (χ0v) is 10.7. The first kappa shape index (κ1) is 12.0. The minimum atomic E-state index is -0.280. The van der Waals surface area contributed by atoms with Crippen LogP contribution < -0.4 is 5.56 Å². The Balaban J connectivity index is 2.31. The molecule has 0 amide bonds. The molecule has 17 heavy (non-hydrogen) atoms. The van der Waals surface area contributed by atoms with Crippen LogP contribution in [0.15, 0.2) is 47.4 Å². The van der Waals surface area contributed by atoms with Crippen molar-refractivity contribution < 1.29 is 4.39 Å². The molecule has 0 fully saturated rings. The van der Waals surface area contributed by atoms with Gasteiger partial charge < -0.3 is 4.57 Å². The van der Waals surface area contributed by atoms with Crippen LogP contribution in [0.1, 0.15) is 11.1 Å². The molecule has 0 radical (unpaired) electrons. The number of alkyl halides is 1. The fraction of sp³-hybridized carbons (Fsp3) is 0.154. The summed E-state index contributed by atoms with van der Waals surface area (Å²) >= 11 is 3.27. The number of halogens is 2. The Kier molecular flexibility index (Phi) is 3.74. The maximum absolute atomic E-state index is 13.7. The predicted octanol–water partition coefficient (Wildman–Crippen LogP) is 2.93. The van der Waals surface area contributed by atoms with Crippen LogP contribution in [-0.2, 0) is 11.9 Å². The van der Waals surface area contributed by atoms with Gasteiger partial charge in [-0.3, -0.25) is 4.79 Å². The molecule has 0 aliphatic rings. The summed E-state index contributed by atoms with van der Waals surface area (Å²) < 4.78 is 15.2. The van der Waals surface area contributed by atoms with Gasteiger partial charge in [-0.1, -0.05) is 34.1 Å². The van der Waals surface area contributed by atoms with Crippen LogP contribution in [0.25, 0.3) is 0 Å². The highest BCUT2D eigenvalue weighted by molar-refractivity contribution is 9.08. The molecule has 1 aromatic heterocycles. The van der Waals surface area contributed by atoms with Crippen LogP contribution >= 0.6 is 15.9 Å².